The Morgan fingerprint density at radius 2 is 2.27 bits per heavy atom. The first-order valence-electron chi connectivity index (χ1n) is 4.66. The maximum absolute atomic E-state index is 11.1. The predicted molar refractivity (Wildman–Crippen MR) is 50.5 cm³/mol. The standard InChI is InChI=1S/C9H15NO5/c1-9(2,3)15-8(12)14-5-6-4-13-7(11)10-6/h6H,4-5H2,1-3H3,(H,10,11). The molecule has 0 bridgehead atoms. The predicted octanol–water partition coefficient (Wildman–Crippen LogP) is 1.05. The molecule has 0 radical (unpaired) electrons. The van der Waals surface area contributed by atoms with E-state index in [2.05, 4.69) is 10.1 Å². The molecule has 0 aromatic carbocycles. The molecule has 1 rings (SSSR count). The number of ether oxygens (including phenoxy) is 3. The molecule has 1 aliphatic rings. The fraction of sp³-hybridized carbons (Fsp3) is 0.778. The Labute approximate surface area is 87.9 Å². The highest BCUT2D eigenvalue weighted by molar-refractivity contribution is 5.69. The molecule has 1 unspecified atom stereocenters. The highest BCUT2D eigenvalue weighted by atomic mass is 16.7. The molecule has 1 fully saturated rings. The zero-order valence-corrected chi connectivity index (χ0v) is 9.03. The van der Waals surface area contributed by atoms with Crippen LogP contribution in [0, 0.1) is 0 Å². The van der Waals surface area contributed by atoms with E-state index < -0.39 is 17.8 Å². The Hall–Kier alpha value is -1.46. The number of amides is 1. The largest absolute Gasteiger partial charge is 0.508 e. The minimum Gasteiger partial charge on any atom is -0.447 e. The van der Waals surface area contributed by atoms with Gasteiger partial charge in [-0.05, 0) is 20.8 Å². The van der Waals surface area contributed by atoms with E-state index in [-0.39, 0.29) is 19.3 Å². The minimum atomic E-state index is -0.747. The van der Waals surface area contributed by atoms with Gasteiger partial charge in [-0.1, -0.05) is 0 Å². The van der Waals surface area contributed by atoms with Crippen LogP contribution < -0.4 is 5.32 Å². The van der Waals surface area contributed by atoms with Gasteiger partial charge >= 0.3 is 12.2 Å². The van der Waals surface area contributed by atoms with Gasteiger partial charge in [-0.2, -0.15) is 0 Å². The van der Waals surface area contributed by atoms with Gasteiger partial charge < -0.3 is 19.5 Å². The van der Waals surface area contributed by atoms with Crippen LogP contribution in [0.25, 0.3) is 0 Å². The van der Waals surface area contributed by atoms with E-state index in [0.29, 0.717) is 0 Å². The van der Waals surface area contributed by atoms with E-state index in [1.807, 2.05) is 0 Å². The number of hydrogen-bond acceptors (Lipinski definition) is 5. The summed E-state index contributed by atoms with van der Waals surface area (Å²) < 4.78 is 14.3. The van der Waals surface area contributed by atoms with Crippen molar-refractivity contribution in [2.24, 2.45) is 0 Å². The van der Waals surface area contributed by atoms with Gasteiger partial charge in [0.15, 0.2) is 0 Å². The molecular formula is C9H15NO5. The van der Waals surface area contributed by atoms with Crippen LogP contribution in [0.15, 0.2) is 0 Å². The molecule has 1 atom stereocenters. The summed E-state index contributed by atoms with van der Waals surface area (Å²) in [6, 6.07) is -0.287. The van der Waals surface area contributed by atoms with Crippen LogP contribution in [0.1, 0.15) is 20.8 Å². The molecule has 1 aliphatic heterocycles. The summed E-state index contributed by atoms with van der Waals surface area (Å²) >= 11 is 0. The molecule has 15 heavy (non-hydrogen) atoms. The van der Waals surface area contributed by atoms with Crippen LogP contribution in [0.4, 0.5) is 9.59 Å². The SMILES string of the molecule is CC(C)(C)OC(=O)OCC1COC(=O)N1. The second kappa shape index (κ2) is 4.37. The van der Waals surface area contributed by atoms with Crippen LogP contribution in [0.5, 0.6) is 0 Å². The summed E-state index contributed by atoms with van der Waals surface area (Å²) in [4.78, 5) is 21.7. The van der Waals surface area contributed by atoms with Crippen LogP contribution in [-0.2, 0) is 14.2 Å². The first-order valence-corrected chi connectivity index (χ1v) is 4.66. The number of hydrogen-bond donors (Lipinski definition) is 1. The lowest BCUT2D eigenvalue weighted by Crippen LogP contribution is -2.33. The molecule has 1 N–H and O–H groups in total. The third-order valence-electron chi connectivity index (χ3n) is 1.53. The number of rotatable bonds is 2. The maximum atomic E-state index is 11.1. The summed E-state index contributed by atoms with van der Waals surface area (Å²) in [6.07, 6.45) is -1.24. The van der Waals surface area contributed by atoms with E-state index in [1.165, 1.54) is 0 Å². The normalized spacial score (nSPS) is 20.5. The average Bonchev–Trinajstić information content (AvgIpc) is 2.45. The molecular weight excluding hydrogens is 202 g/mol. The third kappa shape index (κ3) is 4.53. The quantitative estimate of drug-likeness (QED) is 0.700. The van der Waals surface area contributed by atoms with E-state index in [0.717, 1.165) is 0 Å². The van der Waals surface area contributed by atoms with E-state index >= 15 is 0 Å². The van der Waals surface area contributed by atoms with Gasteiger partial charge in [-0.15, -0.1) is 0 Å². The maximum Gasteiger partial charge on any atom is 0.508 e. The summed E-state index contributed by atoms with van der Waals surface area (Å²) in [5.74, 6) is 0. The van der Waals surface area contributed by atoms with Gasteiger partial charge in [0.25, 0.3) is 0 Å². The van der Waals surface area contributed by atoms with Gasteiger partial charge in [-0.25, -0.2) is 9.59 Å². The molecule has 6 nitrogen and oxygen atoms in total. The molecule has 1 amide bonds. The molecule has 1 heterocycles. The molecule has 6 heteroatoms. The van der Waals surface area contributed by atoms with Gasteiger partial charge in [0, 0.05) is 0 Å². The third-order valence-corrected chi connectivity index (χ3v) is 1.53. The van der Waals surface area contributed by atoms with Gasteiger partial charge in [0.1, 0.15) is 24.9 Å². The first kappa shape index (κ1) is 11.6. The Balaban J connectivity index is 2.20. The number of nitrogens with one attached hydrogen (secondary N) is 1. The van der Waals surface area contributed by atoms with E-state index in [4.69, 9.17) is 9.47 Å². The van der Waals surface area contributed by atoms with Crippen LogP contribution in [0.2, 0.25) is 0 Å². The van der Waals surface area contributed by atoms with Crippen molar-refractivity contribution in [2.45, 2.75) is 32.4 Å². The lowest BCUT2D eigenvalue weighted by molar-refractivity contribution is -0.0102. The second-order valence-corrected chi connectivity index (χ2v) is 4.22. The van der Waals surface area contributed by atoms with Gasteiger partial charge in [0.2, 0.25) is 0 Å². The fourth-order valence-electron chi connectivity index (χ4n) is 0.964. The molecule has 0 spiro atoms. The summed E-state index contributed by atoms with van der Waals surface area (Å²) in [7, 11) is 0. The second-order valence-electron chi connectivity index (χ2n) is 4.22. The number of alkyl carbamates (subject to hydrolysis) is 1. The molecule has 86 valence electrons. The number of cyclic esters (lactones) is 1. The Bertz CT molecular complexity index is 258. The summed E-state index contributed by atoms with van der Waals surface area (Å²) in [6.45, 7) is 5.50. The van der Waals surface area contributed by atoms with Crippen molar-refractivity contribution in [3.63, 3.8) is 0 Å². The highest BCUT2D eigenvalue weighted by Gasteiger charge is 2.25. The van der Waals surface area contributed by atoms with Gasteiger partial charge in [0.05, 0.1) is 0 Å². The average molecular weight is 217 g/mol. The van der Waals surface area contributed by atoms with Crippen LogP contribution in [-0.4, -0.2) is 37.1 Å². The monoisotopic (exact) mass is 217 g/mol. The Morgan fingerprint density at radius 1 is 1.60 bits per heavy atom. The van der Waals surface area contributed by atoms with Crippen molar-refractivity contribution in [1.29, 1.82) is 0 Å². The number of carbonyl (C=O) groups is 2. The molecule has 0 saturated carbocycles. The zero-order valence-electron chi connectivity index (χ0n) is 9.03. The van der Waals surface area contributed by atoms with Crippen molar-refractivity contribution >= 4 is 12.2 Å². The lowest BCUT2D eigenvalue weighted by atomic mass is 10.2. The highest BCUT2D eigenvalue weighted by Crippen LogP contribution is 2.08. The van der Waals surface area contributed by atoms with E-state index in [9.17, 15) is 9.59 Å². The topological polar surface area (TPSA) is 73.9 Å². The first-order chi connectivity index (χ1) is 6.87. The van der Waals surface area contributed by atoms with Gasteiger partial charge in [-0.3, -0.25) is 0 Å². The van der Waals surface area contributed by atoms with Crippen molar-refractivity contribution < 1.29 is 23.8 Å². The Morgan fingerprint density at radius 3 is 2.73 bits per heavy atom. The summed E-state index contributed by atoms with van der Waals surface area (Å²) in [5.41, 5.74) is -0.577. The van der Waals surface area contributed by atoms with Crippen LogP contribution in [0.3, 0.4) is 0 Å². The lowest BCUT2D eigenvalue weighted by Gasteiger charge is -2.19. The van der Waals surface area contributed by atoms with E-state index in [1.54, 1.807) is 20.8 Å². The molecule has 0 aliphatic carbocycles. The van der Waals surface area contributed by atoms with Crippen molar-refractivity contribution in [3.05, 3.63) is 0 Å². The summed E-state index contributed by atoms with van der Waals surface area (Å²) in [5, 5.41) is 2.48. The molecule has 0 aromatic rings. The number of carbonyl (C=O) groups excluding carboxylic acids is 2. The van der Waals surface area contributed by atoms with Crippen molar-refractivity contribution in [3.8, 4) is 0 Å². The van der Waals surface area contributed by atoms with Crippen molar-refractivity contribution in [2.75, 3.05) is 13.2 Å². The Kier molecular flexibility index (Phi) is 3.39. The van der Waals surface area contributed by atoms with Crippen molar-refractivity contribution in [1.82, 2.24) is 5.32 Å². The molecule has 1 saturated heterocycles. The molecule has 0 aromatic heterocycles. The zero-order chi connectivity index (χ0) is 11.5. The smallest absolute Gasteiger partial charge is 0.447 e. The fourth-order valence-corrected chi connectivity index (χ4v) is 0.964. The minimum absolute atomic E-state index is 0.0562. The van der Waals surface area contributed by atoms with Crippen LogP contribution >= 0.6 is 0 Å².